The molecule has 0 aromatic carbocycles. The molecule has 18 heavy (non-hydrogen) atoms. The minimum atomic E-state index is -0.840. The smallest absolute Gasteiger partial charge is 0.303 e. The number of amides is 1. The lowest BCUT2D eigenvalue weighted by molar-refractivity contribution is -0.142. The van der Waals surface area contributed by atoms with Gasteiger partial charge < -0.3 is 10.0 Å². The molecule has 0 aromatic rings. The number of carbonyl (C=O) groups excluding carboxylic acids is 1. The minimum absolute atomic E-state index is 0.0382. The van der Waals surface area contributed by atoms with Crippen LogP contribution in [-0.4, -0.2) is 34.5 Å². The van der Waals surface area contributed by atoms with Crippen molar-refractivity contribution in [1.29, 1.82) is 0 Å². The highest BCUT2D eigenvalue weighted by molar-refractivity contribution is 5.78. The Hall–Kier alpha value is -1.06. The third-order valence-electron chi connectivity index (χ3n) is 3.95. The summed E-state index contributed by atoms with van der Waals surface area (Å²) in [5.41, 5.74) is -0.469. The monoisotopic (exact) mass is 255 g/mol. The Kier molecular flexibility index (Phi) is 4.77. The predicted octanol–water partition coefficient (Wildman–Crippen LogP) is 2.52. The fourth-order valence-electron chi connectivity index (χ4n) is 2.67. The number of rotatable bonds is 4. The highest BCUT2D eigenvalue weighted by Gasteiger charge is 2.32. The number of piperidine rings is 1. The second-order valence-electron chi connectivity index (χ2n) is 6.36. The van der Waals surface area contributed by atoms with Gasteiger partial charge in [0.05, 0.1) is 6.42 Å². The van der Waals surface area contributed by atoms with Crippen molar-refractivity contribution < 1.29 is 14.7 Å². The first-order valence-corrected chi connectivity index (χ1v) is 6.74. The van der Waals surface area contributed by atoms with Crippen LogP contribution in [0.5, 0.6) is 0 Å². The van der Waals surface area contributed by atoms with E-state index in [0.717, 1.165) is 13.0 Å². The Morgan fingerprint density at radius 3 is 2.44 bits per heavy atom. The van der Waals surface area contributed by atoms with E-state index in [1.54, 1.807) is 0 Å². The third kappa shape index (κ3) is 4.00. The molecule has 104 valence electrons. The van der Waals surface area contributed by atoms with Gasteiger partial charge in [0.15, 0.2) is 0 Å². The first kappa shape index (κ1) is 15.0. The molecular formula is C14H25NO3. The molecular weight excluding hydrogens is 230 g/mol. The summed E-state index contributed by atoms with van der Waals surface area (Å²) in [5.74, 6) is -0.210. The molecule has 1 aliphatic heterocycles. The molecule has 0 saturated carbocycles. The standard InChI is InChI=1S/C14H25NO3/c1-10-6-5-7-15(11(10)2)12(16)8-14(3,4)9-13(17)18/h10-11H,5-9H2,1-4H3,(H,17,18)/t10-,11-/m0/s1. The fraction of sp³-hybridized carbons (Fsp3) is 0.857. The number of hydrogen-bond donors (Lipinski definition) is 1. The summed E-state index contributed by atoms with van der Waals surface area (Å²) >= 11 is 0. The maximum Gasteiger partial charge on any atom is 0.303 e. The van der Waals surface area contributed by atoms with Gasteiger partial charge in [-0.25, -0.2) is 0 Å². The van der Waals surface area contributed by atoms with Crippen LogP contribution in [0.4, 0.5) is 0 Å². The number of aliphatic carboxylic acids is 1. The molecule has 1 rings (SSSR count). The molecule has 2 atom stereocenters. The van der Waals surface area contributed by atoms with E-state index < -0.39 is 11.4 Å². The number of hydrogen-bond acceptors (Lipinski definition) is 2. The summed E-state index contributed by atoms with van der Waals surface area (Å²) in [4.78, 5) is 25.0. The summed E-state index contributed by atoms with van der Waals surface area (Å²) < 4.78 is 0. The van der Waals surface area contributed by atoms with Crippen molar-refractivity contribution in [2.75, 3.05) is 6.54 Å². The van der Waals surface area contributed by atoms with Crippen molar-refractivity contribution in [3.8, 4) is 0 Å². The van der Waals surface area contributed by atoms with Gasteiger partial charge in [0.2, 0.25) is 5.91 Å². The van der Waals surface area contributed by atoms with Crippen molar-refractivity contribution in [2.24, 2.45) is 11.3 Å². The zero-order valence-corrected chi connectivity index (χ0v) is 11.9. The van der Waals surface area contributed by atoms with Crippen LogP contribution < -0.4 is 0 Å². The summed E-state index contributed by atoms with van der Waals surface area (Å²) in [6.45, 7) is 8.76. The van der Waals surface area contributed by atoms with E-state index in [9.17, 15) is 9.59 Å². The number of carboxylic acids is 1. The molecule has 0 bridgehead atoms. The highest BCUT2D eigenvalue weighted by atomic mass is 16.4. The van der Waals surface area contributed by atoms with Gasteiger partial charge in [0, 0.05) is 19.0 Å². The normalized spacial score (nSPS) is 25.0. The zero-order chi connectivity index (χ0) is 13.9. The van der Waals surface area contributed by atoms with Crippen LogP contribution >= 0.6 is 0 Å². The Balaban J connectivity index is 2.61. The number of carbonyl (C=O) groups is 2. The molecule has 1 N–H and O–H groups in total. The molecule has 4 nitrogen and oxygen atoms in total. The van der Waals surface area contributed by atoms with Crippen molar-refractivity contribution in [3.05, 3.63) is 0 Å². The van der Waals surface area contributed by atoms with Gasteiger partial charge in [-0.2, -0.15) is 0 Å². The van der Waals surface area contributed by atoms with Crippen LogP contribution in [0.15, 0.2) is 0 Å². The van der Waals surface area contributed by atoms with E-state index >= 15 is 0 Å². The van der Waals surface area contributed by atoms with Gasteiger partial charge in [0.25, 0.3) is 0 Å². The average Bonchev–Trinajstić information content (AvgIpc) is 2.18. The summed E-state index contributed by atoms with van der Waals surface area (Å²) in [6, 6.07) is 0.270. The molecule has 1 amide bonds. The number of nitrogens with zero attached hydrogens (tertiary/aromatic N) is 1. The van der Waals surface area contributed by atoms with Crippen LogP contribution in [-0.2, 0) is 9.59 Å². The fourth-order valence-corrected chi connectivity index (χ4v) is 2.67. The summed E-state index contributed by atoms with van der Waals surface area (Å²) in [6.07, 6.45) is 2.58. The van der Waals surface area contributed by atoms with Crippen molar-refractivity contribution in [3.63, 3.8) is 0 Å². The Morgan fingerprint density at radius 2 is 1.89 bits per heavy atom. The minimum Gasteiger partial charge on any atom is -0.481 e. The van der Waals surface area contributed by atoms with Crippen LogP contribution in [0.3, 0.4) is 0 Å². The van der Waals surface area contributed by atoms with Crippen LogP contribution in [0.1, 0.15) is 53.4 Å². The lowest BCUT2D eigenvalue weighted by Crippen LogP contribution is -2.47. The Labute approximate surface area is 109 Å². The lowest BCUT2D eigenvalue weighted by atomic mass is 9.84. The third-order valence-corrected chi connectivity index (χ3v) is 3.95. The first-order chi connectivity index (χ1) is 8.23. The average molecular weight is 255 g/mol. The molecule has 0 aromatic heterocycles. The van der Waals surface area contributed by atoms with Crippen molar-refractivity contribution in [2.45, 2.75) is 59.4 Å². The molecule has 1 fully saturated rings. The van der Waals surface area contributed by atoms with E-state index in [1.807, 2.05) is 18.7 Å². The molecule has 4 heteroatoms. The predicted molar refractivity (Wildman–Crippen MR) is 70.2 cm³/mol. The van der Waals surface area contributed by atoms with E-state index in [1.165, 1.54) is 6.42 Å². The molecule has 0 aliphatic carbocycles. The van der Waals surface area contributed by atoms with Gasteiger partial charge in [-0.05, 0) is 31.1 Å². The maximum atomic E-state index is 12.3. The lowest BCUT2D eigenvalue weighted by Gasteiger charge is -2.39. The van der Waals surface area contributed by atoms with Crippen molar-refractivity contribution >= 4 is 11.9 Å². The largest absolute Gasteiger partial charge is 0.481 e. The van der Waals surface area contributed by atoms with E-state index in [0.29, 0.717) is 12.3 Å². The van der Waals surface area contributed by atoms with Crippen molar-refractivity contribution in [1.82, 2.24) is 4.90 Å². The molecule has 1 saturated heterocycles. The van der Waals surface area contributed by atoms with Gasteiger partial charge in [-0.3, -0.25) is 9.59 Å². The van der Waals surface area contributed by atoms with E-state index in [4.69, 9.17) is 5.11 Å². The Morgan fingerprint density at radius 1 is 1.28 bits per heavy atom. The molecule has 1 heterocycles. The van der Waals surface area contributed by atoms with Crippen LogP contribution in [0.2, 0.25) is 0 Å². The summed E-state index contributed by atoms with van der Waals surface area (Å²) in [5, 5.41) is 8.84. The maximum absolute atomic E-state index is 12.3. The Bertz CT molecular complexity index is 325. The van der Waals surface area contributed by atoms with Crippen LogP contribution in [0.25, 0.3) is 0 Å². The number of likely N-dealkylation sites (tertiary alicyclic amines) is 1. The quantitative estimate of drug-likeness (QED) is 0.839. The summed E-state index contributed by atoms with van der Waals surface area (Å²) in [7, 11) is 0. The van der Waals surface area contributed by atoms with Crippen LogP contribution in [0, 0.1) is 11.3 Å². The second-order valence-corrected chi connectivity index (χ2v) is 6.36. The SMILES string of the molecule is C[C@H]1CCCN(C(=O)CC(C)(C)CC(=O)O)[C@H]1C. The highest BCUT2D eigenvalue weighted by Crippen LogP contribution is 2.29. The zero-order valence-electron chi connectivity index (χ0n) is 11.9. The van der Waals surface area contributed by atoms with Gasteiger partial charge in [-0.1, -0.05) is 20.8 Å². The van der Waals surface area contributed by atoms with Gasteiger partial charge in [-0.15, -0.1) is 0 Å². The number of carboxylic acid groups (broad SMARTS) is 1. The van der Waals surface area contributed by atoms with Gasteiger partial charge in [0.1, 0.15) is 0 Å². The van der Waals surface area contributed by atoms with E-state index in [-0.39, 0.29) is 18.4 Å². The molecule has 0 unspecified atom stereocenters. The van der Waals surface area contributed by atoms with E-state index in [2.05, 4.69) is 13.8 Å². The molecule has 1 aliphatic rings. The first-order valence-electron chi connectivity index (χ1n) is 6.74. The van der Waals surface area contributed by atoms with Gasteiger partial charge >= 0.3 is 5.97 Å². The molecule has 0 radical (unpaired) electrons. The topological polar surface area (TPSA) is 57.6 Å². The second kappa shape index (κ2) is 5.72. The molecule has 0 spiro atoms.